The quantitative estimate of drug-likeness (QED) is 0.709. The summed E-state index contributed by atoms with van der Waals surface area (Å²) >= 11 is 0. The van der Waals surface area contributed by atoms with Gasteiger partial charge in [0.05, 0.1) is 13.7 Å². The smallest absolute Gasteiger partial charge is 0.321 e. The summed E-state index contributed by atoms with van der Waals surface area (Å²) in [4.78, 5) is 14.0. The summed E-state index contributed by atoms with van der Waals surface area (Å²) in [6.07, 6.45) is 0.724. The Labute approximate surface area is 158 Å². The molecule has 3 rings (SSSR count). The van der Waals surface area contributed by atoms with Gasteiger partial charge in [-0.1, -0.05) is 35.5 Å². The minimum Gasteiger partial charge on any atom is -0.496 e. The summed E-state index contributed by atoms with van der Waals surface area (Å²) in [6.45, 7) is 2.19. The van der Waals surface area contributed by atoms with E-state index in [2.05, 4.69) is 22.6 Å². The van der Waals surface area contributed by atoms with E-state index in [1.54, 1.807) is 19.1 Å². The Kier molecular flexibility index (Phi) is 5.76. The van der Waals surface area contributed by atoms with Crippen molar-refractivity contribution in [3.05, 3.63) is 77.2 Å². The lowest BCUT2D eigenvalue weighted by molar-refractivity contribution is 0.219. The molecule has 0 saturated heterocycles. The third-order valence-corrected chi connectivity index (χ3v) is 4.19. The number of anilines is 1. The third kappa shape index (κ3) is 4.88. The molecule has 1 heterocycles. The second kappa shape index (κ2) is 8.40. The molecule has 0 bridgehead atoms. The van der Waals surface area contributed by atoms with Crippen molar-refractivity contribution in [2.45, 2.75) is 19.9 Å². The van der Waals surface area contributed by atoms with Crippen molar-refractivity contribution in [1.29, 1.82) is 0 Å². The fourth-order valence-electron chi connectivity index (χ4n) is 2.84. The van der Waals surface area contributed by atoms with Gasteiger partial charge in [-0.2, -0.15) is 0 Å². The number of amides is 2. The Morgan fingerprint density at radius 3 is 2.63 bits per heavy atom. The first-order valence-corrected chi connectivity index (χ1v) is 8.70. The van der Waals surface area contributed by atoms with Crippen LogP contribution in [0.5, 0.6) is 5.75 Å². The summed E-state index contributed by atoms with van der Waals surface area (Å²) in [5.41, 5.74) is 3.62. The number of rotatable bonds is 6. The van der Waals surface area contributed by atoms with Crippen molar-refractivity contribution in [2.24, 2.45) is 0 Å². The van der Waals surface area contributed by atoms with Crippen LogP contribution in [0.25, 0.3) is 0 Å². The summed E-state index contributed by atoms with van der Waals surface area (Å²) in [5, 5.41) is 6.83. The molecular weight excluding hydrogens is 342 g/mol. The largest absolute Gasteiger partial charge is 0.496 e. The number of methoxy groups -OCH3 is 1. The van der Waals surface area contributed by atoms with E-state index in [9.17, 15) is 4.79 Å². The Balaban J connectivity index is 1.70. The molecule has 1 N–H and O–H groups in total. The van der Waals surface area contributed by atoms with E-state index in [0.717, 1.165) is 29.2 Å². The second-order valence-corrected chi connectivity index (χ2v) is 6.40. The number of benzene rings is 2. The minimum atomic E-state index is -0.216. The number of hydrogen-bond acceptors (Lipinski definition) is 4. The monoisotopic (exact) mass is 365 g/mol. The van der Waals surface area contributed by atoms with E-state index < -0.39 is 0 Å². The van der Waals surface area contributed by atoms with Gasteiger partial charge < -0.3 is 19.5 Å². The van der Waals surface area contributed by atoms with Gasteiger partial charge in [-0.15, -0.1) is 0 Å². The van der Waals surface area contributed by atoms with Crippen LogP contribution in [0.1, 0.15) is 22.6 Å². The summed E-state index contributed by atoms with van der Waals surface area (Å²) in [5.74, 6) is 1.52. The van der Waals surface area contributed by atoms with Gasteiger partial charge in [0.15, 0.2) is 0 Å². The van der Waals surface area contributed by atoms with Gasteiger partial charge in [0.25, 0.3) is 0 Å². The van der Waals surface area contributed by atoms with Crippen LogP contribution in [0, 0.1) is 6.92 Å². The summed E-state index contributed by atoms with van der Waals surface area (Å²) in [7, 11) is 3.36. The molecule has 0 atom stereocenters. The number of carbonyl (C=O) groups is 1. The number of urea groups is 1. The van der Waals surface area contributed by atoms with Gasteiger partial charge in [0.1, 0.15) is 17.2 Å². The average Bonchev–Trinajstić information content (AvgIpc) is 3.07. The zero-order valence-corrected chi connectivity index (χ0v) is 15.7. The van der Waals surface area contributed by atoms with Crippen LogP contribution in [-0.2, 0) is 13.0 Å². The molecule has 0 radical (unpaired) electrons. The van der Waals surface area contributed by atoms with Gasteiger partial charge in [-0.05, 0) is 30.7 Å². The zero-order chi connectivity index (χ0) is 19.2. The third-order valence-electron chi connectivity index (χ3n) is 4.19. The fraction of sp³-hybridized carbons (Fsp3) is 0.238. The predicted octanol–water partition coefficient (Wildman–Crippen LogP) is 4.25. The first-order chi connectivity index (χ1) is 13.0. The Bertz CT molecular complexity index is 906. The standard InChI is InChI=1S/C21H23N3O3/c1-15-11-19(23-27-15)14-24(2)21(25)22-18-9-10-20(26-3)17(13-18)12-16-7-5-4-6-8-16/h4-11,13H,12,14H2,1-3H3,(H,22,25). The molecule has 6 heteroatoms. The highest BCUT2D eigenvalue weighted by Gasteiger charge is 2.13. The van der Waals surface area contributed by atoms with Crippen LogP contribution in [0.4, 0.5) is 10.5 Å². The van der Waals surface area contributed by atoms with Crippen molar-refractivity contribution >= 4 is 11.7 Å². The first kappa shape index (κ1) is 18.5. The Hall–Kier alpha value is -3.28. The number of aryl methyl sites for hydroxylation is 1. The molecule has 0 unspecified atom stereocenters. The van der Waals surface area contributed by atoms with E-state index in [-0.39, 0.29) is 6.03 Å². The lowest BCUT2D eigenvalue weighted by Crippen LogP contribution is -2.31. The van der Waals surface area contributed by atoms with Crippen LogP contribution in [-0.4, -0.2) is 30.2 Å². The molecule has 140 valence electrons. The number of nitrogens with one attached hydrogen (secondary N) is 1. The second-order valence-electron chi connectivity index (χ2n) is 6.40. The molecule has 0 aliphatic carbocycles. The van der Waals surface area contributed by atoms with E-state index >= 15 is 0 Å². The van der Waals surface area contributed by atoms with E-state index in [1.807, 2.05) is 49.4 Å². The molecule has 0 fully saturated rings. The number of nitrogens with zero attached hydrogens (tertiary/aromatic N) is 2. The minimum absolute atomic E-state index is 0.216. The summed E-state index contributed by atoms with van der Waals surface area (Å²) in [6, 6.07) is 17.4. The molecule has 0 saturated carbocycles. The molecule has 6 nitrogen and oxygen atoms in total. The van der Waals surface area contributed by atoms with Crippen molar-refractivity contribution < 1.29 is 14.1 Å². The molecule has 1 aromatic heterocycles. The number of carbonyl (C=O) groups excluding carboxylic acids is 1. The molecule has 27 heavy (non-hydrogen) atoms. The number of ether oxygens (including phenoxy) is 1. The maximum absolute atomic E-state index is 12.5. The molecular formula is C21H23N3O3. The topological polar surface area (TPSA) is 67.6 Å². The number of hydrogen-bond donors (Lipinski definition) is 1. The lowest BCUT2D eigenvalue weighted by atomic mass is 10.0. The number of aromatic nitrogens is 1. The average molecular weight is 365 g/mol. The van der Waals surface area contributed by atoms with E-state index in [4.69, 9.17) is 9.26 Å². The molecule has 0 aliphatic rings. The van der Waals surface area contributed by atoms with Gasteiger partial charge in [0.2, 0.25) is 0 Å². The van der Waals surface area contributed by atoms with Gasteiger partial charge >= 0.3 is 6.03 Å². The highest BCUT2D eigenvalue weighted by molar-refractivity contribution is 5.89. The maximum atomic E-state index is 12.5. The molecule has 0 aliphatic heterocycles. The highest BCUT2D eigenvalue weighted by Crippen LogP contribution is 2.25. The maximum Gasteiger partial charge on any atom is 0.321 e. The van der Waals surface area contributed by atoms with Crippen LogP contribution in [0.3, 0.4) is 0 Å². The van der Waals surface area contributed by atoms with Crippen LogP contribution < -0.4 is 10.1 Å². The first-order valence-electron chi connectivity index (χ1n) is 8.70. The molecule has 2 aromatic carbocycles. The fourth-order valence-corrected chi connectivity index (χ4v) is 2.84. The van der Waals surface area contributed by atoms with Crippen molar-refractivity contribution in [2.75, 3.05) is 19.5 Å². The van der Waals surface area contributed by atoms with Crippen LogP contribution in [0.2, 0.25) is 0 Å². The molecule has 2 amide bonds. The van der Waals surface area contributed by atoms with Crippen molar-refractivity contribution in [3.8, 4) is 5.75 Å². The van der Waals surface area contributed by atoms with Crippen LogP contribution in [0.15, 0.2) is 59.1 Å². The normalized spacial score (nSPS) is 10.5. The molecule has 3 aromatic rings. The SMILES string of the molecule is COc1ccc(NC(=O)N(C)Cc2cc(C)on2)cc1Cc1ccccc1. The van der Waals surface area contributed by atoms with Gasteiger partial charge in [-0.3, -0.25) is 0 Å². The summed E-state index contributed by atoms with van der Waals surface area (Å²) < 4.78 is 10.5. The van der Waals surface area contributed by atoms with Crippen molar-refractivity contribution in [3.63, 3.8) is 0 Å². The van der Waals surface area contributed by atoms with E-state index in [0.29, 0.717) is 12.2 Å². The van der Waals surface area contributed by atoms with Gasteiger partial charge in [-0.25, -0.2) is 4.79 Å². The Morgan fingerprint density at radius 2 is 1.96 bits per heavy atom. The lowest BCUT2D eigenvalue weighted by Gasteiger charge is -2.17. The highest BCUT2D eigenvalue weighted by atomic mass is 16.5. The van der Waals surface area contributed by atoms with Gasteiger partial charge in [0, 0.05) is 30.8 Å². The Morgan fingerprint density at radius 1 is 1.19 bits per heavy atom. The van der Waals surface area contributed by atoms with E-state index in [1.165, 1.54) is 5.56 Å². The zero-order valence-electron chi connectivity index (χ0n) is 15.7. The van der Waals surface area contributed by atoms with Crippen molar-refractivity contribution in [1.82, 2.24) is 10.1 Å². The molecule has 0 spiro atoms. The predicted molar refractivity (Wildman–Crippen MR) is 104 cm³/mol. The van der Waals surface area contributed by atoms with Crippen LogP contribution >= 0.6 is 0 Å².